The zero-order valence-corrected chi connectivity index (χ0v) is 9.94. The molecule has 0 heterocycles. The molecule has 0 aliphatic heterocycles. The fraction of sp³-hybridized carbons (Fsp3) is 0.333. The minimum absolute atomic E-state index is 0.184. The molecule has 17 heavy (non-hydrogen) atoms. The number of primary sulfonamides is 1. The Morgan fingerprint density at radius 3 is 2.59 bits per heavy atom. The predicted octanol–water partition coefficient (Wildman–Crippen LogP) is 0.782. The summed E-state index contributed by atoms with van der Waals surface area (Å²) in [5, 5.41) is 15.5. The minimum atomic E-state index is -3.76. The second kappa shape index (κ2) is 5.11. The van der Waals surface area contributed by atoms with Gasteiger partial charge >= 0.3 is 0 Å². The maximum atomic E-state index is 11.0. The molecular formula is C9H12N2O5S. The molecule has 0 saturated carbocycles. The SMILES string of the molecule is CCOc1ccc([N+](=O)[O-])cc1CS(N)(=O)=O. The Morgan fingerprint density at radius 1 is 1.47 bits per heavy atom. The van der Waals surface area contributed by atoms with Crippen molar-refractivity contribution in [1.82, 2.24) is 0 Å². The molecule has 0 aliphatic carbocycles. The molecule has 8 heteroatoms. The molecule has 0 spiro atoms. The normalized spacial score (nSPS) is 11.2. The summed E-state index contributed by atoms with van der Waals surface area (Å²) in [5.41, 5.74) is -0.0179. The summed E-state index contributed by atoms with van der Waals surface area (Å²) in [7, 11) is -3.76. The van der Waals surface area contributed by atoms with Crippen molar-refractivity contribution in [2.24, 2.45) is 5.14 Å². The molecule has 0 amide bonds. The van der Waals surface area contributed by atoms with Crippen LogP contribution in [0.4, 0.5) is 5.69 Å². The van der Waals surface area contributed by atoms with Crippen LogP contribution >= 0.6 is 0 Å². The average molecular weight is 260 g/mol. The first-order chi connectivity index (χ1) is 7.83. The number of hydrogen-bond acceptors (Lipinski definition) is 5. The van der Waals surface area contributed by atoms with Crippen LogP contribution < -0.4 is 9.88 Å². The van der Waals surface area contributed by atoms with E-state index >= 15 is 0 Å². The first-order valence-corrected chi connectivity index (χ1v) is 6.45. The molecule has 0 fully saturated rings. The highest BCUT2D eigenvalue weighted by atomic mass is 32.2. The number of nitrogens with two attached hydrogens (primary N) is 1. The molecule has 7 nitrogen and oxygen atoms in total. The summed E-state index contributed by atoms with van der Waals surface area (Å²) in [4.78, 5) is 9.96. The standard InChI is InChI=1S/C9H12N2O5S/c1-2-16-9-4-3-8(11(12)13)5-7(9)6-17(10,14)15/h3-5H,2,6H2,1H3,(H2,10,14,15). The zero-order valence-electron chi connectivity index (χ0n) is 9.12. The maximum absolute atomic E-state index is 11.0. The van der Waals surface area contributed by atoms with Gasteiger partial charge in [0, 0.05) is 17.7 Å². The fourth-order valence-corrected chi connectivity index (χ4v) is 1.96. The Hall–Kier alpha value is -1.67. The summed E-state index contributed by atoms with van der Waals surface area (Å²) in [6.07, 6.45) is 0. The number of hydrogen-bond donors (Lipinski definition) is 1. The van der Waals surface area contributed by atoms with E-state index in [4.69, 9.17) is 9.88 Å². The van der Waals surface area contributed by atoms with Crippen LogP contribution in [0.25, 0.3) is 0 Å². The van der Waals surface area contributed by atoms with E-state index in [2.05, 4.69) is 0 Å². The van der Waals surface area contributed by atoms with Gasteiger partial charge in [0.1, 0.15) is 5.75 Å². The van der Waals surface area contributed by atoms with E-state index in [1.807, 2.05) is 0 Å². The van der Waals surface area contributed by atoms with Crippen LogP contribution in [0.3, 0.4) is 0 Å². The monoisotopic (exact) mass is 260 g/mol. The van der Waals surface area contributed by atoms with Gasteiger partial charge in [0.05, 0.1) is 17.3 Å². The quantitative estimate of drug-likeness (QED) is 0.621. The van der Waals surface area contributed by atoms with Crippen LogP contribution in [0.5, 0.6) is 5.75 Å². The van der Waals surface area contributed by atoms with Crippen molar-refractivity contribution in [1.29, 1.82) is 0 Å². The van der Waals surface area contributed by atoms with Gasteiger partial charge in [-0.1, -0.05) is 0 Å². The number of sulfonamides is 1. The lowest BCUT2D eigenvalue weighted by atomic mass is 10.2. The van der Waals surface area contributed by atoms with E-state index in [1.54, 1.807) is 6.92 Å². The third-order valence-corrected chi connectivity index (χ3v) is 2.62. The van der Waals surface area contributed by atoms with Crippen LogP contribution in [0, 0.1) is 10.1 Å². The third kappa shape index (κ3) is 4.00. The van der Waals surface area contributed by atoms with E-state index in [-0.39, 0.29) is 17.0 Å². The maximum Gasteiger partial charge on any atom is 0.270 e. The average Bonchev–Trinajstić information content (AvgIpc) is 2.18. The highest BCUT2D eigenvalue weighted by Crippen LogP contribution is 2.25. The number of rotatable bonds is 5. The molecule has 0 radical (unpaired) electrons. The van der Waals surface area contributed by atoms with Gasteiger partial charge in [0.15, 0.2) is 0 Å². The molecule has 1 aromatic carbocycles. The molecule has 0 unspecified atom stereocenters. The Balaban J connectivity index is 3.20. The molecule has 0 aromatic heterocycles. The minimum Gasteiger partial charge on any atom is -0.494 e. The van der Waals surface area contributed by atoms with Crippen LogP contribution in [-0.2, 0) is 15.8 Å². The van der Waals surface area contributed by atoms with Gasteiger partial charge in [-0.15, -0.1) is 0 Å². The Labute approximate surface area is 98.4 Å². The van der Waals surface area contributed by atoms with E-state index in [0.717, 1.165) is 6.07 Å². The second-order valence-electron chi connectivity index (χ2n) is 3.29. The highest BCUT2D eigenvalue weighted by Gasteiger charge is 2.15. The van der Waals surface area contributed by atoms with Crippen LogP contribution in [0.1, 0.15) is 12.5 Å². The molecule has 2 N–H and O–H groups in total. The molecule has 0 bridgehead atoms. The molecule has 94 valence electrons. The summed E-state index contributed by atoms with van der Waals surface area (Å²) in [5.74, 6) is -0.212. The van der Waals surface area contributed by atoms with Crippen molar-refractivity contribution in [3.8, 4) is 5.75 Å². The summed E-state index contributed by atoms with van der Waals surface area (Å²) in [6, 6.07) is 3.76. The van der Waals surface area contributed by atoms with Crippen LogP contribution in [0.2, 0.25) is 0 Å². The van der Waals surface area contributed by atoms with Gasteiger partial charge < -0.3 is 4.74 Å². The second-order valence-corrected chi connectivity index (χ2v) is 4.90. The molecule has 1 rings (SSSR count). The Bertz CT molecular complexity index is 526. The molecular weight excluding hydrogens is 248 g/mol. The van der Waals surface area contributed by atoms with Crippen molar-refractivity contribution in [3.63, 3.8) is 0 Å². The molecule has 0 atom stereocenters. The van der Waals surface area contributed by atoms with Crippen molar-refractivity contribution >= 4 is 15.7 Å². The number of benzene rings is 1. The van der Waals surface area contributed by atoms with Crippen molar-refractivity contribution in [2.45, 2.75) is 12.7 Å². The smallest absolute Gasteiger partial charge is 0.270 e. The van der Waals surface area contributed by atoms with Crippen LogP contribution in [-0.4, -0.2) is 19.9 Å². The number of nitrogens with zero attached hydrogens (tertiary/aromatic N) is 1. The summed E-state index contributed by atoms with van der Waals surface area (Å²) in [6.45, 7) is 2.05. The third-order valence-electron chi connectivity index (χ3n) is 1.91. The van der Waals surface area contributed by atoms with Crippen molar-refractivity contribution < 1.29 is 18.1 Å². The van der Waals surface area contributed by atoms with E-state index in [0.29, 0.717) is 6.61 Å². The lowest BCUT2D eigenvalue weighted by Crippen LogP contribution is -2.15. The Morgan fingerprint density at radius 2 is 2.12 bits per heavy atom. The number of nitro groups is 1. The Kier molecular flexibility index (Phi) is 4.02. The highest BCUT2D eigenvalue weighted by molar-refractivity contribution is 7.88. The topological polar surface area (TPSA) is 113 Å². The summed E-state index contributed by atoms with van der Waals surface area (Å²) >= 11 is 0. The van der Waals surface area contributed by atoms with Gasteiger partial charge in [0.25, 0.3) is 5.69 Å². The first-order valence-electron chi connectivity index (χ1n) is 4.74. The zero-order chi connectivity index (χ0) is 13.1. The van der Waals surface area contributed by atoms with Gasteiger partial charge in [-0.25, -0.2) is 13.6 Å². The van der Waals surface area contributed by atoms with Gasteiger partial charge in [-0.3, -0.25) is 10.1 Å². The van der Waals surface area contributed by atoms with E-state index in [9.17, 15) is 18.5 Å². The number of non-ortho nitro benzene ring substituents is 1. The van der Waals surface area contributed by atoms with Gasteiger partial charge in [-0.05, 0) is 13.0 Å². The van der Waals surface area contributed by atoms with Crippen LogP contribution in [0.15, 0.2) is 18.2 Å². The van der Waals surface area contributed by atoms with E-state index < -0.39 is 20.7 Å². The largest absolute Gasteiger partial charge is 0.494 e. The first kappa shape index (κ1) is 13.4. The predicted molar refractivity (Wildman–Crippen MR) is 61.1 cm³/mol. The van der Waals surface area contributed by atoms with E-state index in [1.165, 1.54) is 12.1 Å². The lowest BCUT2D eigenvalue weighted by molar-refractivity contribution is -0.384. The van der Waals surface area contributed by atoms with Crippen molar-refractivity contribution in [2.75, 3.05) is 6.61 Å². The number of nitro benzene ring substituents is 1. The molecule has 0 saturated heterocycles. The number of ether oxygens (including phenoxy) is 1. The van der Waals surface area contributed by atoms with Gasteiger partial charge in [-0.2, -0.15) is 0 Å². The fourth-order valence-electron chi connectivity index (χ4n) is 1.31. The lowest BCUT2D eigenvalue weighted by Gasteiger charge is -2.08. The molecule has 1 aromatic rings. The summed E-state index contributed by atoms with van der Waals surface area (Å²) < 4.78 is 27.2. The van der Waals surface area contributed by atoms with Crippen molar-refractivity contribution in [3.05, 3.63) is 33.9 Å². The van der Waals surface area contributed by atoms with Gasteiger partial charge in [0.2, 0.25) is 10.0 Å². The molecule has 0 aliphatic rings.